The van der Waals surface area contributed by atoms with Crippen LogP contribution in [0, 0.1) is 0 Å². The van der Waals surface area contributed by atoms with Gasteiger partial charge in [-0.25, -0.2) is 0 Å². The molecule has 62 heavy (non-hydrogen) atoms. The molecule has 2 heteroatoms. The number of rotatable bonds is 9. The van der Waals surface area contributed by atoms with Gasteiger partial charge in [-0.2, -0.15) is 0 Å². The van der Waals surface area contributed by atoms with E-state index in [9.17, 15) is 16.4 Å². The summed E-state index contributed by atoms with van der Waals surface area (Å²) in [5, 5.41) is 1.93. The van der Waals surface area contributed by atoms with Gasteiger partial charge in [0.2, 0.25) is 0 Å². The van der Waals surface area contributed by atoms with E-state index in [4.69, 9.17) is 0 Å². The summed E-state index contributed by atoms with van der Waals surface area (Å²) in [6.45, 7) is 0. The van der Waals surface area contributed by atoms with Crippen molar-refractivity contribution < 1.29 is 16.4 Å². The zero-order chi connectivity index (χ0) is 51.7. The zero-order valence-electron chi connectivity index (χ0n) is 45.2. The maximum absolute atomic E-state index is 9.83. The molecule has 292 valence electrons. The zero-order valence-corrected chi connectivity index (χ0v) is 33.2. The SMILES string of the molecule is [2H]c1c([2H])c(N(c2c([2H])c([2H])c(-c3ccc(-c4ccccc4)c(-c4ccccc4)c3)c([2H])c2[2H])c2c([2H])c([2H])c(-c3ccccc3-n3c4ccccc4c4ccccc43)c([2H])c2[2H])c([2H])c([2H])c1-c1ccccc1. The second-order valence-electron chi connectivity index (χ2n) is 14.8. The highest BCUT2D eigenvalue weighted by atomic mass is 15.1. The summed E-state index contributed by atoms with van der Waals surface area (Å²) in [7, 11) is 0. The van der Waals surface area contributed by atoms with Gasteiger partial charge in [0, 0.05) is 33.4 Å². The molecule has 0 amide bonds. The highest BCUT2D eigenvalue weighted by Crippen LogP contribution is 2.41. The minimum atomic E-state index is -0.688. The molecule has 11 aromatic rings. The lowest BCUT2D eigenvalue weighted by Crippen LogP contribution is -2.09. The van der Waals surface area contributed by atoms with E-state index in [0.29, 0.717) is 22.4 Å². The van der Waals surface area contributed by atoms with Crippen LogP contribution >= 0.6 is 0 Å². The Bertz CT molecular complexity index is 3910. The number of hydrogen-bond acceptors (Lipinski definition) is 1. The fourth-order valence-corrected chi connectivity index (χ4v) is 8.10. The molecular formula is C60H42N2. The Hall–Kier alpha value is -8.20. The minimum absolute atomic E-state index is 0.0519. The standard InChI is InChI=1S/C60H42N2/c1-4-16-43(17-5-1)44-28-35-50(36-29-44)61(51-37-30-45(31-38-51)49-34-41-53(46-18-6-2-7-19-46)57(42-49)47-20-8-3-9-21-47)52-39-32-48(33-40-52)54-22-10-13-25-58(54)62-59-26-14-11-23-55(59)56-24-12-15-27-60(56)62/h1-42H/i28D,29D,30D,31D,32D,33D,35D,36D,37D,38D,39D,40D. The van der Waals surface area contributed by atoms with Crippen LogP contribution in [0.25, 0.3) is 83.1 Å². The van der Waals surface area contributed by atoms with E-state index in [-0.39, 0.29) is 16.7 Å². The Morgan fingerprint density at radius 1 is 0.290 bits per heavy atom. The first-order valence-corrected chi connectivity index (χ1v) is 20.3. The van der Waals surface area contributed by atoms with Crippen molar-refractivity contribution in [3.8, 4) is 61.3 Å². The second kappa shape index (κ2) is 16.1. The Kier molecular flexibility index (Phi) is 6.78. The van der Waals surface area contributed by atoms with Crippen LogP contribution in [0.15, 0.2) is 255 Å². The predicted octanol–water partition coefficient (Wildman–Crippen LogP) is 16.6. The van der Waals surface area contributed by atoms with E-state index in [2.05, 4.69) is 0 Å². The third kappa shape index (κ3) is 6.84. The average Bonchev–Trinajstić information content (AvgIpc) is 3.78. The first-order chi connectivity index (χ1) is 35.8. The molecule has 0 atom stereocenters. The molecule has 10 aromatic carbocycles. The highest BCUT2D eigenvalue weighted by Gasteiger charge is 2.18. The summed E-state index contributed by atoms with van der Waals surface area (Å²) >= 11 is 0. The molecule has 1 heterocycles. The highest BCUT2D eigenvalue weighted by molar-refractivity contribution is 6.09. The molecule has 0 N–H and O–H groups in total. The normalized spacial score (nSPS) is 13.9. The number of hydrogen-bond donors (Lipinski definition) is 0. The monoisotopic (exact) mass is 802 g/mol. The number of nitrogens with zero attached hydrogens (tertiary/aromatic N) is 2. The molecule has 0 unspecified atom stereocenters. The van der Waals surface area contributed by atoms with Crippen molar-refractivity contribution in [1.82, 2.24) is 4.57 Å². The van der Waals surface area contributed by atoms with E-state index in [1.54, 1.807) is 48.5 Å². The fraction of sp³-hybridized carbons (Fsp3) is 0. The smallest absolute Gasteiger partial charge is 0.0645 e. The van der Waals surface area contributed by atoms with Crippen LogP contribution in [-0.4, -0.2) is 4.57 Å². The van der Waals surface area contributed by atoms with Crippen molar-refractivity contribution >= 4 is 38.9 Å². The molecule has 0 aliphatic carbocycles. The number of fused-ring (bicyclic) bond motifs is 3. The molecule has 0 spiro atoms. The predicted molar refractivity (Wildman–Crippen MR) is 263 cm³/mol. The van der Waals surface area contributed by atoms with Crippen LogP contribution < -0.4 is 4.90 Å². The Balaban J connectivity index is 1.17. The molecule has 0 bridgehead atoms. The molecule has 0 saturated heterocycles. The van der Waals surface area contributed by atoms with E-state index in [0.717, 1.165) is 49.0 Å². The van der Waals surface area contributed by atoms with Gasteiger partial charge >= 0.3 is 0 Å². The quantitative estimate of drug-likeness (QED) is 0.141. The van der Waals surface area contributed by atoms with Crippen molar-refractivity contribution in [2.45, 2.75) is 0 Å². The number of benzene rings is 10. The summed E-state index contributed by atoms with van der Waals surface area (Å²) in [6, 6.07) is 48.6. The summed E-state index contributed by atoms with van der Waals surface area (Å²) < 4.78 is 118. The number of anilines is 3. The summed E-state index contributed by atoms with van der Waals surface area (Å²) in [6.07, 6.45) is 0. The molecular weight excluding hydrogens is 749 g/mol. The molecule has 0 aliphatic rings. The average molecular weight is 803 g/mol. The van der Waals surface area contributed by atoms with Gasteiger partial charge < -0.3 is 9.47 Å². The molecule has 0 fully saturated rings. The maximum Gasteiger partial charge on any atom is 0.0645 e. The van der Waals surface area contributed by atoms with Crippen molar-refractivity contribution in [3.05, 3.63) is 255 Å². The fourth-order valence-electron chi connectivity index (χ4n) is 8.10. The summed E-state index contributed by atoms with van der Waals surface area (Å²) in [4.78, 5) is 0.858. The minimum Gasteiger partial charge on any atom is -0.311 e. The summed E-state index contributed by atoms with van der Waals surface area (Å²) in [5.74, 6) is 0. The lowest BCUT2D eigenvalue weighted by atomic mass is 9.91. The third-order valence-electron chi connectivity index (χ3n) is 11.0. The van der Waals surface area contributed by atoms with Gasteiger partial charge in [-0.3, -0.25) is 0 Å². The van der Waals surface area contributed by atoms with Crippen molar-refractivity contribution in [1.29, 1.82) is 0 Å². The molecule has 2 nitrogen and oxygen atoms in total. The van der Waals surface area contributed by atoms with Crippen LogP contribution in [0.4, 0.5) is 17.1 Å². The van der Waals surface area contributed by atoms with Crippen molar-refractivity contribution in [2.24, 2.45) is 0 Å². The maximum atomic E-state index is 9.83. The van der Waals surface area contributed by atoms with Gasteiger partial charge in [0.1, 0.15) is 0 Å². The van der Waals surface area contributed by atoms with Crippen LogP contribution in [0.5, 0.6) is 0 Å². The van der Waals surface area contributed by atoms with Crippen molar-refractivity contribution in [2.75, 3.05) is 4.90 Å². The molecule has 0 saturated carbocycles. The van der Waals surface area contributed by atoms with E-state index in [1.165, 1.54) is 0 Å². The topological polar surface area (TPSA) is 8.17 Å². The van der Waals surface area contributed by atoms with E-state index >= 15 is 0 Å². The summed E-state index contributed by atoms with van der Waals surface area (Å²) in [5.41, 5.74) is 4.74. The first-order valence-electron chi connectivity index (χ1n) is 26.3. The van der Waals surface area contributed by atoms with Gasteiger partial charge in [0.05, 0.1) is 33.2 Å². The third-order valence-corrected chi connectivity index (χ3v) is 11.0. The number of para-hydroxylation sites is 3. The van der Waals surface area contributed by atoms with Crippen LogP contribution in [0.1, 0.15) is 16.4 Å². The Morgan fingerprint density at radius 2 is 0.710 bits per heavy atom. The first kappa shape index (κ1) is 26.1. The van der Waals surface area contributed by atoms with Gasteiger partial charge in [-0.15, -0.1) is 0 Å². The van der Waals surface area contributed by atoms with Crippen molar-refractivity contribution in [3.63, 3.8) is 0 Å². The second-order valence-corrected chi connectivity index (χ2v) is 14.8. The van der Waals surface area contributed by atoms with Crippen LogP contribution in [-0.2, 0) is 0 Å². The van der Waals surface area contributed by atoms with E-state index in [1.807, 2.05) is 138 Å². The molecule has 0 radical (unpaired) electrons. The molecule has 1 aromatic heterocycles. The number of aromatic nitrogens is 1. The largest absolute Gasteiger partial charge is 0.311 e. The van der Waals surface area contributed by atoms with Gasteiger partial charge in [0.25, 0.3) is 0 Å². The molecule has 11 rings (SSSR count). The molecule has 0 aliphatic heterocycles. The lowest BCUT2D eigenvalue weighted by Gasteiger charge is -2.26. The van der Waals surface area contributed by atoms with E-state index < -0.39 is 89.6 Å². The van der Waals surface area contributed by atoms with Gasteiger partial charge in [-0.05, 0) is 111 Å². The van der Waals surface area contributed by atoms with Crippen LogP contribution in [0.3, 0.4) is 0 Å². The Morgan fingerprint density at radius 3 is 1.26 bits per heavy atom. The van der Waals surface area contributed by atoms with Crippen LogP contribution in [0.2, 0.25) is 0 Å². The van der Waals surface area contributed by atoms with Gasteiger partial charge in [0.15, 0.2) is 0 Å². The van der Waals surface area contributed by atoms with Gasteiger partial charge in [-0.1, -0.05) is 194 Å². The lowest BCUT2D eigenvalue weighted by molar-refractivity contribution is 1.18. The Labute approximate surface area is 379 Å².